The van der Waals surface area contributed by atoms with Gasteiger partial charge in [0.15, 0.2) is 0 Å². The summed E-state index contributed by atoms with van der Waals surface area (Å²) < 4.78 is 0. The van der Waals surface area contributed by atoms with Gasteiger partial charge in [0, 0.05) is 0 Å². The summed E-state index contributed by atoms with van der Waals surface area (Å²) in [7, 11) is 0. The third-order valence-corrected chi connectivity index (χ3v) is 7.89. The van der Waals surface area contributed by atoms with Crippen LogP contribution in [0.3, 0.4) is 0 Å². The molecule has 0 aliphatic rings. The SMILES string of the molecule is C=C(/C=C\C(=C/C)C(C)(C)CC(C)(C)C)[C-]([C@@H](C)/C=C\C(=C)C(C)(C)CC(C)C)[C@@H](C)CCC[CH2-].CCC.C[CH-]CC(C)C.[Y+3]. The van der Waals surface area contributed by atoms with Gasteiger partial charge in [-0.3, -0.25) is 0 Å². The molecule has 45 heavy (non-hydrogen) atoms. The quantitative estimate of drug-likeness (QED) is 0.105. The van der Waals surface area contributed by atoms with Crippen LogP contribution in [-0.4, -0.2) is 0 Å². The van der Waals surface area contributed by atoms with Gasteiger partial charge in [-0.1, -0.05) is 165 Å². The van der Waals surface area contributed by atoms with E-state index < -0.39 is 0 Å². The molecule has 0 nitrogen and oxygen atoms in total. The van der Waals surface area contributed by atoms with Crippen LogP contribution >= 0.6 is 0 Å². The first kappa shape index (κ1) is 51.5. The van der Waals surface area contributed by atoms with Crippen LogP contribution in [-0.2, 0) is 32.7 Å². The zero-order valence-corrected chi connectivity index (χ0v) is 36.8. The molecule has 0 aliphatic carbocycles. The maximum atomic E-state index is 4.56. The molecule has 1 heteroatoms. The third-order valence-electron chi connectivity index (χ3n) is 7.89. The first-order chi connectivity index (χ1) is 20.1. The van der Waals surface area contributed by atoms with E-state index in [4.69, 9.17) is 0 Å². The molecule has 0 saturated carbocycles. The molecular weight excluding hydrogens is 617 g/mol. The summed E-state index contributed by atoms with van der Waals surface area (Å²) >= 11 is 0. The van der Waals surface area contributed by atoms with Crippen molar-refractivity contribution in [3.8, 4) is 0 Å². The van der Waals surface area contributed by atoms with Crippen molar-refractivity contribution in [2.45, 2.75) is 163 Å². The van der Waals surface area contributed by atoms with Gasteiger partial charge in [-0.2, -0.15) is 43.9 Å². The standard InChI is InChI=1S/C35H60.C6H13.C3H8.Y/c1-16-18-19-27(5)32(28(6)20-22-30(8)34(12,13)24-26(3)4)29(7)21-23-31(17-2)35(14,15)25-33(9,10)11;1-4-5-6(2)3;1-3-2;/h17,20-23,26-28H,1,7-8,16,18-19,24-25H2,2-6,9-15H3;4,6H,5H2,1-3H3;3H2,1-2H3;/q-2;-1;;+3/b22-20-,23-21-,31-17+;;;/t27-,28-;;;/m0.../s1. The van der Waals surface area contributed by atoms with E-state index in [1.807, 2.05) is 0 Å². The van der Waals surface area contributed by atoms with Crippen LogP contribution in [0.25, 0.3) is 0 Å². The predicted molar refractivity (Wildman–Crippen MR) is 208 cm³/mol. The molecule has 0 aromatic heterocycles. The Morgan fingerprint density at radius 2 is 1.36 bits per heavy atom. The minimum absolute atomic E-state index is 0. The Kier molecular flexibility index (Phi) is 30.5. The molecule has 0 radical (unpaired) electrons. The maximum absolute atomic E-state index is 4.56. The molecule has 0 spiro atoms. The molecular formula is C44H81Y. The third kappa shape index (κ3) is 26.3. The van der Waals surface area contributed by atoms with E-state index >= 15 is 0 Å². The Morgan fingerprint density at radius 3 is 1.71 bits per heavy atom. The Labute approximate surface area is 312 Å². The molecule has 0 bridgehead atoms. The number of unbranched alkanes of at least 4 members (excludes halogenated alkanes) is 1. The van der Waals surface area contributed by atoms with Crippen molar-refractivity contribution < 1.29 is 32.7 Å². The smallest absolute Gasteiger partial charge is 0.343 e. The zero-order chi connectivity index (χ0) is 35.3. The van der Waals surface area contributed by atoms with Crippen LogP contribution in [0.5, 0.6) is 0 Å². The number of rotatable bonds is 17. The largest absolute Gasteiger partial charge is 3.00 e. The van der Waals surface area contributed by atoms with E-state index in [0.717, 1.165) is 43.6 Å². The second-order valence-corrected chi connectivity index (χ2v) is 16.5. The molecule has 0 fully saturated rings. The minimum Gasteiger partial charge on any atom is -0.343 e. The Morgan fingerprint density at radius 1 is 0.844 bits per heavy atom. The topological polar surface area (TPSA) is 0 Å². The van der Waals surface area contributed by atoms with Crippen LogP contribution < -0.4 is 0 Å². The fourth-order valence-corrected chi connectivity index (χ4v) is 6.30. The van der Waals surface area contributed by atoms with Crippen molar-refractivity contribution in [3.05, 3.63) is 79.5 Å². The van der Waals surface area contributed by atoms with Crippen molar-refractivity contribution in [2.75, 3.05) is 0 Å². The predicted octanol–water partition coefficient (Wildman–Crippen LogP) is 15.2. The summed E-state index contributed by atoms with van der Waals surface area (Å²) in [5, 5.41) is 0. The molecule has 0 aromatic carbocycles. The summed E-state index contributed by atoms with van der Waals surface area (Å²) in [4.78, 5) is 0. The average molecular weight is 699 g/mol. The second-order valence-electron chi connectivity index (χ2n) is 16.5. The molecule has 0 rings (SSSR count). The molecule has 2 atom stereocenters. The molecule has 0 amide bonds. The van der Waals surface area contributed by atoms with Crippen LogP contribution in [0, 0.1) is 59.2 Å². The van der Waals surface area contributed by atoms with Gasteiger partial charge in [0.25, 0.3) is 0 Å². The maximum Gasteiger partial charge on any atom is 3.00 e. The van der Waals surface area contributed by atoms with Crippen molar-refractivity contribution in [1.29, 1.82) is 0 Å². The van der Waals surface area contributed by atoms with Crippen molar-refractivity contribution in [3.63, 3.8) is 0 Å². The Bertz CT molecular complexity index is 837. The van der Waals surface area contributed by atoms with E-state index in [0.29, 0.717) is 17.8 Å². The molecule has 260 valence electrons. The second kappa shape index (κ2) is 26.6. The fraction of sp³-hybridized carbons (Fsp3) is 0.705. The van der Waals surface area contributed by atoms with E-state index in [1.165, 1.54) is 29.9 Å². The van der Waals surface area contributed by atoms with Gasteiger partial charge in [0.2, 0.25) is 0 Å². The first-order valence-corrected chi connectivity index (χ1v) is 17.9. The van der Waals surface area contributed by atoms with Crippen molar-refractivity contribution in [1.82, 2.24) is 0 Å². The van der Waals surface area contributed by atoms with Gasteiger partial charge >= 0.3 is 32.7 Å². The van der Waals surface area contributed by atoms with E-state index in [2.05, 4.69) is 175 Å². The number of hydrogen-bond donors (Lipinski definition) is 0. The van der Waals surface area contributed by atoms with Crippen molar-refractivity contribution >= 4 is 0 Å². The molecule has 0 aliphatic heterocycles. The minimum atomic E-state index is 0. The molecule has 0 N–H and O–H groups in total. The van der Waals surface area contributed by atoms with Gasteiger partial charge in [-0.15, -0.1) is 6.08 Å². The summed E-state index contributed by atoms with van der Waals surface area (Å²) in [5.74, 6) is 3.72. The summed E-state index contributed by atoms with van der Waals surface area (Å²) in [6.07, 6.45) is 21.7. The van der Waals surface area contributed by atoms with Gasteiger partial charge in [-0.05, 0) is 53.4 Å². The molecule has 0 heterocycles. The number of hydrogen-bond acceptors (Lipinski definition) is 0. The normalized spacial score (nSPS) is 14.0. The van der Waals surface area contributed by atoms with Crippen LogP contribution in [0.15, 0.2) is 60.3 Å². The molecule has 0 saturated heterocycles. The Hall–Kier alpha value is -0.326. The van der Waals surface area contributed by atoms with E-state index in [-0.39, 0.29) is 49.0 Å². The van der Waals surface area contributed by atoms with E-state index in [1.54, 1.807) is 0 Å². The number of allylic oxidation sites excluding steroid dienone is 8. The monoisotopic (exact) mass is 699 g/mol. The van der Waals surface area contributed by atoms with Gasteiger partial charge in [0.1, 0.15) is 0 Å². The molecule has 0 unspecified atom stereocenters. The van der Waals surface area contributed by atoms with Gasteiger partial charge in [-0.25, -0.2) is 0 Å². The Balaban J connectivity index is -0.000000733. The van der Waals surface area contributed by atoms with Crippen molar-refractivity contribution in [2.24, 2.45) is 39.9 Å². The average Bonchev–Trinajstić information content (AvgIpc) is 2.84. The summed E-state index contributed by atoms with van der Waals surface area (Å²) in [6, 6.07) is 0. The fourth-order valence-electron chi connectivity index (χ4n) is 6.30. The van der Waals surface area contributed by atoms with Gasteiger partial charge < -0.3 is 13.3 Å². The summed E-state index contributed by atoms with van der Waals surface area (Å²) in [5.41, 5.74) is 4.26. The van der Waals surface area contributed by atoms with E-state index in [9.17, 15) is 0 Å². The first-order valence-electron chi connectivity index (χ1n) is 17.9. The van der Waals surface area contributed by atoms with Crippen LogP contribution in [0.2, 0.25) is 0 Å². The van der Waals surface area contributed by atoms with Gasteiger partial charge in [0.05, 0.1) is 0 Å². The zero-order valence-electron chi connectivity index (χ0n) is 33.9. The van der Waals surface area contributed by atoms with Crippen LogP contribution in [0.1, 0.15) is 163 Å². The van der Waals surface area contributed by atoms with Crippen LogP contribution in [0.4, 0.5) is 0 Å². The summed E-state index contributed by atoms with van der Waals surface area (Å²) in [6.45, 7) is 51.6. The molecule has 0 aromatic rings.